The average molecular weight is 327 g/mol. The summed E-state index contributed by atoms with van der Waals surface area (Å²) in [6, 6.07) is 12.3. The summed E-state index contributed by atoms with van der Waals surface area (Å²) in [7, 11) is 1.55. The highest BCUT2D eigenvalue weighted by Gasteiger charge is 2.19. The smallest absolute Gasteiger partial charge is 0.338 e. The molecule has 1 N–H and O–H groups in total. The third kappa shape index (κ3) is 4.35. The van der Waals surface area contributed by atoms with E-state index >= 15 is 0 Å². The number of anilines is 1. The first-order valence-corrected chi connectivity index (χ1v) is 7.64. The van der Waals surface area contributed by atoms with Crippen molar-refractivity contribution in [2.24, 2.45) is 0 Å². The molecule has 0 unspecified atom stereocenters. The zero-order chi connectivity index (χ0) is 17.7. The molecule has 1 atom stereocenters. The van der Waals surface area contributed by atoms with Crippen LogP contribution in [0.4, 0.5) is 5.69 Å². The standard InChI is InChI=1S/C19H21NO4/c1-12-5-6-13(2)17(11-12)20-18(21)14(3)24-19(22)15-7-9-16(23-4)10-8-15/h5-11,14H,1-4H3,(H,20,21)/t14-/m0/s1. The highest BCUT2D eigenvalue weighted by Crippen LogP contribution is 2.17. The number of carbonyl (C=O) groups is 2. The Hall–Kier alpha value is -2.82. The SMILES string of the molecule is COc1ccc(C(=O)O[C@@H](C)C(=O)Nc2cc(C)ccc2C)cc1. The molecule has 0 bridgehead atoms. The van der Waals surface area contributed by atoms with Crippen LogP contribution in [0.25, 0.3) is 0 Å². The number of aryl methyl sites for hydroxylation is 2. The molecular formula is C19H21NO4. The molecule has 126 valence electrons. The van der Waals surface area contributed by atoms with Gasteiger partial charge in [-0.05, 0) is 62.2 Å². The summed E-state index contributed by atoms with van der Waals surface area (Å²) in [5.41, 5.74) is 3.07. The monoisotopic (exact) mass is 327 g/mol. The van der Waals surface area contributed by atoms with Gasteiger partial charge in [0.25, 0.3) is 5.91 Å². The quantitative estimate of drug-likeness (QED) is 0.854. The Morgan fingerprint density at radius 2 is 1.71 bits per heavy atom. The van der Waals surface area contributed by atoms with E-state index in [4.69, 9.17) is 9.47 Å². The van der Waals surface area contributed by atoms with Gasteiger partial charge in [-0.3, -0.25) is 4.79 Å². The molecule has 2 rings (SSSR count). The summed E-state index contributed by atoms with van der Waals surface area (Å²) < 4.78 is 10.3. The van der Waals surface area contributed by atoms with Crippen molar-refractivity contribution in [2.75, 3.05) is 12.4 Å². The van der Waals surface area contributed by atoms with E-state index in [1.807, 2.05) is 32.0 Å². The van der Waals surface area contributed by atoms with Crippen molar-refractivity contribution in [3.05, 3.63) is 59.2 Å². The highest BCUT2D eigenvalue weighted by molar-refractivity contribution is 5.97. The minimum Gasteiger partial charge on any atom is -0.497 e. The molecule has 2 aromatic rings. The molecule has 0 saturated heterocycles. The van der Waals surface area contributed by atoms with Gasteiger partial charge in [0.05, 0.1) is 12.7 Å². The molecule has 2 aromatic carbocycles. The Labute approximate surface area is 141 Å². The summed E-state index contributed by atoms with van der Waals surface area (Å²) in [5.74, 6) is -0.279. The fourth-order valence-electron chi connectivity index (χ4n) is 2.11. The molecule has 0 spiro atoms. The molecule has 5 nitrogen and oxygen atoms in total. The van der Waals surface area contributed by atoms with Gasteiger partial charge in [0.2, 0.25) is 0 Å². The number of esters is 1. The fourth-order valence-corrected chi connectivity index (χ4v) is 2.11. The lowest BCUT2D eigenvalue weighted by atomic mass is 10.1. The maximum absolute atomic E-state index is 12.2. The van der Waals surface area contributed by atoms with E-state index in [-0.39, 0.29) is 5.91 Å². The third-order valence-corrected chi connectivity index (χ3v) is 3.63. The number of hydrogen-bond acceptors (Lipinski definition) is 4. The van der Waals surface area contributed by atoms with Crippen molar-refractivity contribution < 1.29 is 19.1 Å². The van der Waals surface area contributed by atoms with E-state index in [1.165, 1.54) is 0 Å². The molecular weight excluding hydrogens is 306 g/mol. The van der Waals surface area contributed by atoms with Crippen LogP contribution in [0.1, 0.15) is 28.4 Å². The van der Waals surface area contributed by atoms with Crippen LogP contribution in [0.2, 0.25) is 0 Å². The summed E-state index contributed by atoms with van der Waals surface area (Å²) in [6.07, 6.45) is -0.903. The summed E-state index contributed by atoms with van der Waals surface area (Å²) in [4.78, 5) is 24.3. The zero-order valence-electron chi connectivity index (χ0n) is 14.3. The largest absolute Gasteiger partial charge is 0.497 e. The normalized spacial score (nSPS) is 11.5. The number of hydrogen-bond donors (Lipinski definition) is 1. The molecule has 0 aliphatic carbocycles. The van der Waals surface area contributed by atoms with E-state index in [2.05, 4.69) is 5.32 Å². The van der Waals surface area contributed by atoms with Crippen LogP contribution < -0.4 is 10.1 Å². The van der Waals surface area contributed by atoms with E-state index in [9.17, 15) is 9.59 Å². The van der Waals surface area contributed by atoms with Crippen LogP contribution in [0.5, 0.6) is 5.75 Å². The van der Waals surface area contributed by atoms with E-state index < -0.39 is 12.1 Å². The Balaban J connectivity index is 1.99. The third-order valence-electron chi connectivity index (χ3n) is 3.63. The Morgan fingerprint density at radius 3 is 2.33 bits per heavy atom. The molecule has 0 saturated carbocycles. The Bertz CT molecular complexity index is 738. The number of ether oxygens (including phenoxy) is 2. The fraction of sp³-hybridized carbons (Fsp3) is 0.263. The van der Waals surface area contributed by atoms with E-state index in [0.717, 1.165) is 11.1 Å². The highest BCUT2D eigenvalue weighted by atomic mass is 16.5. The second-order valence-electron chi connectivity index (χ2n) is 5.58. The molecule has 0 heterocycles. The number of nitrogens with one attached hydrogen (secondary N) is 1. The van der Waals surface area contributed by atoms with Crippen LogP contribution in [0.15, 0.2) is 42.5 Å². The summed E-state index contributed by atoms with van der Waals surface area (Å²) in [6.45, 7) is 5.40. The van der Waals surface area contributed by atoms with Crippen LogP contribution in [0, 0.1) is 13.8 Å². The van der Waals surface area contributed by atoms with Gasteiger partial charge in [-0.15, -0.1) is 0 Å². The van der Waals surface area contributed by atoms with E-state index in [0.29, 0.717) is 17.0 Å². The lowest BCUT2D eigenvalue weighted by molar-refractivity contribution is -0.123. The van der Waals surface area contributed by atoms with Crippen molar-refractivity contribution in [2.45, 2.75) is 26.9 Å². The average Bonchev–Trinajstić information content (AvgIpc) is 2.58. The van der Waals surface area contributed by atoms with Crippen molar-refractivity contribution in [1.82, 2.24) is 0 Å². The van der Waals surface area contributed by atoms with Gasteiger partial charge in [-0.1, -0.05) is 12.1 Å². The Kier molecular flexibility index (Phi) is 5.58. The van der Waals surface area contributed by atoms with Crippen molar-refractivity contribution >= 4 is 17.6 Å². The number of rotatable bonds is 5. The molecule has 0 aromatic heterocycles. The first kappa shape index (κ1) is 17.5. The van der Waals surface area contributed by atoms with Crippen molar-refractivity contribution in [3.8, 4) is 5.75 Å². The zero-order valence-corrected chi connectivity index (χ0v) is 14.3. The molecule has 1 amide bonds. The van der Waals surface area contributed by atoms with E-state index in [1.54, 1.807) is 38.3 Å². The van der Waals surface area contributed by atoms with Gasteiger partial charge in [0.15, 0.2) is 6.10 Å². The minimum absolute atomic E-state index is 0.363. The topological polar surface area (TPSA) is 64.6 Å². The number of methoxy groups -OCH3 is 1. The predicted octanol–water partition coefficient (Wildman–Crippen LogP) is 3.50. The first-order chi connectivity index (χ1) is 11.4. The molecule has 24 heavy (non-hydrogen) atoms. The maximum atomic E-state index is 12.2. The molecule has 5 heteroatoms. The van der Waals surface area contributed by atoms with Crippen molar-refractivity contribution in [3.63, 3.8) is 0 Å². The van der Waals surface area contributed by atoms with Crippen molar-refractivity contribution in [1.29, 1.82) is 0 Å². The number of carbonyl (C=O) groups excluding carboxylic acids is 2. The molecule has 0 aliphatic rings. The maximum Gasteiger partial charge on any atom is 0.338 e. The second kappa shape index (κ2) is 7.64. The summed E-state index contributed by atoms with van der Waals surface area (Å²) in [5, 5.41) is 2.79. The first-order valence-electron chi connectivity index (χ1n) is 7.64. The van der Waals surface area contributed by atoms with Crippen LogP contribution in [0.3, 0.4) is 0 Å². The van der Waals surface area contributed by atoms with Gasteiger partial charge in [-0.25, -0.2) is 4.79 Å². The predicted molar refractivity (Wildman–Crippen MR) is 92.4 cm³/mol. The lowest BCUT2D eigenvalue weighted by Crippen LogP contribution is -2.30. The van der Waals surface area contributed by atoms with Gasteiger partial charge in [0.1, 0.15) is 5.75 Å². The van der Waals surface area contributed by atoms with Crippen LogP contribution in [-0.4, -0.2) is 25.1 Å². The Morgan fingerprint density at radius 1 is 1.04 bits per heavy atom. The molecule has 0 radical (unpaired) electrons. The van der Waals surface area contributed by atoms with Gasteiger partial charge in [0, 0.05) is 5.69 Å². The van der Waals surface area contributed by atoms with Gasteiger partial charge in [-0.2, -0.15) is 0 Å². The molecule has 0 fully saturated rings. The van der Waals surface area contributed by atoms with Crippen LogP contribution >= 0.6 is 0 Å². The number of amides is 1. The minimum atomic E-state index is -0.903. The van der Waals surface area contributed by atoms with Gasteiger partial charge >= 0.3 is 5.97 Å². The van der Waals surface area contributed by atoms with Crippen LogP contribution in [-0.2, 0) is 9.53 Å². The second-order valence-corrected chi connectivity index (χ2v) is 5.58. The number of benzene rings is 2. The molecule has 0 aliphatic heterocycles. The summed E-state index contributed by atoms with van der Waals surface area (Å²) >= 11 is 0. The lowest BCUT2D eigenvalue weighted by Gasteiger charge is -2.15. The van der Waals surface area contributed by atoms with Gasteiger partial charge < -0.3 is 14.8 Å².